The number of hydrogen-bond donors (Lipinski definition) is 1. The van der Waals surface area contributed by atoms with E-state index in [-0.39, 0.29) is 17.9 Å². The number of imide groups is 1. The van der Waals surface area contributed by atoms with Gasteiger partial charge < -0.3 is 23.9 Å². The van der Waals surface area contributed by atoms with Gasteiger partial charge >= 0.3 is 12.0 Å². The normalized spacial score (nSPS) is 25.7. The summed E-state index contributed by atoms with van der Waals surface area (Å²) in [4.78, 5) is 49.1. The lowest BCUT2D eigenvalue weighted by molar-refractivity contribution is -0.169. The van der Waals surface area contributed by atoms with Crippen molar-refractivity contribution < 1.29 is 33.4 Å². The van der Waals surface area contributed by atoms with Crippen LogP contribution in [0.2, 0.25) is 0 Å². The van der Waals surface area contributed by atoms with Crippen molar-refractivity contribution in [2.75, 3.05) is 6.54 Å². The van der Waals surface area contributed by atoms with Crippen LogP contribution in [0.5, 0.6) is 0 Å². The van der Waals surface area contributed by atoms with Crippen molar-refractivity contribution in [1.82, 2.24) is 14.8 Å². The van der Waals surface area contributed by atoms with Gasteiger partial charge in [0.05, 0.1) is 30.5 Å². The molecule has 5 rings (SSSR count). The van der Waals surface area contributed by atoms with Crippen molar-refractivity contribution in [3.63, 3.8) is 0 Å². The molecule has 1 N–H and O–H groups in total. The molecule has 11 heteroatoms. The van der Waals surface area contributed by atoms with E-state index in [0.717, 1.165) is 35.3 Å². The van der Waals surface area contributed by atoms with E-state index in [0.29, 0.717) is 17.9 Å². The summed E-state index contributed by atoms with van der Waals surface area (Å²) in [5.41, 5.74) is -0.397. The van der Waals surface area contributed by atoms with E-state index in [4.69, 9.17) is 13.9 Å². The summed E-state index contributed by atoms with van der Waals surface area (Å²) < 4.78 is 17.9. The van der Waals surface area contributed by atoms with Crippen LogP contribution >= 0.6 is 11.8 Å². The highest BCUT2D eigenvalue weighted by molar-refractivity contribution is 8.00. The zero-order chi connectivity index (χ0) is 31.1. The smallest absolute Gasteiger partial charge is 0.332 e. The zero-order valence-electron chi connectivity index (χ0n) is 25.6. The predicted molar refractivity (Wildman–Crippen MR) is 161 cm³/mol. The van der Waals surface area contributed by atoms with Gasteiger partial charge in [0.15, 0.2) is 0 Å². The molecule has 0 spiro atoms. The number of aliphatic hydroxyl groups excluding tert-OH is 1. The predicted octanol–water partition coefficient (Wildman–Crippen LogP) is 5.55. The number of ether oxygens (including phenoxy) is 2. The molecule has 3 heterocycles. The molecule has 2 aliphatic heterocycles. The van der Waals surface area contributed by atoms with Crippen LogP contribution in [0.25, 0.3) is 0 Å². The summed E-state index contributed by atoms with van der Waals surface area (Å²) in [5, 5.41) is 9.30. The van der Waals surface area contributed by atoms with Gasteiger partial charge in [-0.1, -0.05) is 30.3 Å². The van der Waals surface area contributed by atoms with Crippen LogP contribution in [0, 0.1) is 0 Å². The molecule has 1 aromatic carbocycles. The molecule has 5 atom stereocenters. The monoisotopic (exact) mass is 611 g/mol. The molecule has 43 heavy (non-hydrogen) atoms. The number of benzene rings is 1. The largest absolute Gasteiger partial charge is 0.458 e. The van der Waals surface area contributed by atoms with E-state index < -0.39 is 46.6 Å². The average Bonchev–Trinajstić information content (AvgIpc) is 3.58. The molecule has 2 aromatic rings. The van der Waals surface area contributed by atoms with E-state index >= 15 is 0 Å². The lowest BCUT2D eigenvalue weighted by Crippen LogP contribution is -2.66. The van der Waals surface area contributed by atoms with E-state index in [2.05, 4.69) is 4.98 Å². The lowest BCUT2D eigenvalue weighted by atomic mass is 9.94. The van der Waals surface area contributed by atoms with Crippen molar-refractivity contribution in [2.45, 2.75) is 107 Å². The minimum atomic E-state index is -1.60. The van der Waals surface area contributed by atoms with Gasteiger partial charge in [-0.3, -0.25) is 4.79 Å². The van der Waals surface area contributed by atoms with Gasteiger partial charge in [-0.15, -0.1) is 11.8 Å². The maximum Gasteiger partial charge on any atom is 0.332 e. The fraction of sp³-hybridized carbons (Fsp3) is 0.562. The first-order chi connectivity index (χ1) is 20.3. The third kappa shape index (κ3) is 6.39. The number of thioether (sulfide) groups is 1. The minimum Gasteiger partial charge on any atom is -0.458 e. The Labute approximate surface area is 256 Å². The molecule has 1 saturated heterocycles. The molecule has 1 saturated carbocycles. The highest BCUT2D eigenvalue weighted by atomic mass is 32.2. The molecule has 2 fully saturated rings. The number of rotatable bonds is 8. The maximum atomic E-state index is 14.5. The quantitative estimate of drug-likeness (QED) is 0.383. The number of fused-ring (bicyclic) bond motifs is 1. The Kier molecular flexibility index (Phi) is 8.79. The van der Waals surface area contributed by atoms with Gasteiger partial charge in [-0.25, -0.2) is 19.5 Å². The number of carbonyl (C=O) groups excluding carboxylic acids is 3. The SMILES string of the molecule is CC1=C2C(=O)N(C(C)(C)C(=O)OC(C)(C)C)C(=O)N(C[C@H](OC3CCCC(O)C3)c3ccccc3)C2SC1c1ncco1. The number of aliphatic hydroxyl groups is 1. The molecule has 232 valence electrons. The molecule has 10 nitrogen and oxygen atoms in total. The molecular formula is C32H41N3O7S. The van der Waals surface area contributed by atoms with Crippen LogP contribution in [-0.4, -0.2) is 73.1 Å². The van der Waals surface area contributed by atoms with Crippen molar-refractivity contribution in [2.24, 2.45) is 0 Å². The van der Waals surface area contributed by atoms with Crippen LogP contribution in [-0.2, 0) is 19.1 Å². The number of oxazole rings is 1. The second-order valence-corrected chi connectivity index (χ2v) is 14.1. The first kappa shape index (κ1) is 31.3. The number of aromatic nitrogens is 1. The topological polar surface area (TPSA) is 122 Å². The molecule has 0 bridgehead atoms. The van der Waals surface area contributed by atoms with E-state index in [1.165, 1.54) is 31.9 Å². The summed E-state index contributed by atoms with van der Waals surface area (Å²) in [5.74, 6) is -0.774. The maximum absolute atomic E-state index is 14.5. The Morgan fingerprint density at radius 3 is 2.51 bits per heavy atom. The number of esters is 1. The van der Waals surface area contributed by atoms with E-state index in [1.807, 2.05) is 37.3 Å². The van der Waals surface area contributed by atoms with Gasteiger partial charge in [-0.05, 0) is 78.4 Å². The van der Waals surface area contributed by atoms with Gasteiger partial charge in [0.25, 0.3) is 5.91 Å². The second-order valence-electron chi connectivity index (χ2n) is 12.9. The number of urea groups is 1. The Hall–Kier alpha value is -3.15. The van der Waals surface area contributed by atoms with Crippen LogP contribution in [0.1, 0.15) is 90.0 Å². The molecule has 3 amide bonds. The van der Waals surface area contributed by atoms with Crippen molar-refractivity contribution in [3.05, 3.63) is 65.4 Å². The molecule has 3 aliphatic rings. The van der Waals surface area contributed by atoms with Crippen LogP contribution in [0.15, 0.2) is 58.4 Å². The second kappa shape index (κ2) is 12.1. The van der Waals surface area contributed by atoms with Gasteiger partial charge in [0, 0.05) is 0 Å². The average molecular weight is 612 g/mol. The Morgan fingerprint density at radius 1 is 1.16 bits per heavy atom. The number of hydrogen-bond acceptors (Lipinski definition) is 9. The zero-order valence-corrected chi connectivity index (χ0v) is 26.4. The summed E-state index contributed by atoms with van der Waals surface area (Å²) in [6, 6.07) is 9.05. The van der Waals surface area contributed by atoms with Crippen molar-refractivity contribution in [1.29, 1.82) is 0 Å². The third-order valence-corrected chi connectivity index (χ3v) is 9.68. The highest BCUT2D eigenvalue weighted by Crippen LogP contribution is 2.52. The number of amides is 3. The molecular weight excluding hydrogens is 570 g/mol. The first-order valence-corrected chi connectivity index (χ1v) is 15.7. The van der Waals surface area contributed by atoms with Gasteiger partial charge in [-0.2, -0.15) is 0 Å². The number of nitrogens with zero attached hydrogens (tertiary/aromatic N) is 3. The third-order valence-electron chi connectivity index (χ3n) is 8.11. The fourth-order valence-electron chi connectivity index (χ4n) is 5.89. The summed E-state index contributed by atoms with van der Waals surface area (Å²) in [6.45, 7) is 10.3. The van der Waals surface area contributed by atoms with Gasteiger partial charge in [0.2, 0.25) is 5.89 Å². The van der Waals surface area contributed by atoms with E-state index in [9.17, 15) is 19.5 Å². The van der Waals surface area contributed by atoms with Crippen LogP contribution in [0.3, 0.4) is 0 Å². The Bertz CT molecular complexity index is 1370. The summed E-state index contributed by atoms with van der Waals surface area (Å²) in [7, 11) is 0. The van der Waals surface area contributed by atoms with Crippen molar-refractivity contribution in [3.8, 4) is 0 Å². The summed E-state index contributed by atoms with van der Waals surface area (Å²) >= 11 is 1.41. The number of carbonyl (C=O) groups is 3. The van der Waals surface area contributed by atoms with Crippen LogP contribution < -0.4 is 0 Å². The Balaban J connectivity index is 1.55. The van der Waals surface area contributed by atoms with E-state index in [1.54, 1.807) is 31.9 Å². The minimum absolute atomic E-state index is 0.121. The first-order valence-electron chi connectivity index (χ1n) is 14.8. The summed E-state index contributed by atoms with van der Waals surface area (Å²) in [6.07, 6.45) is 4.80. The fourth-order valence-corrected chi connectivity index (χ4v) is 7.46. The Morgan fingerprint density at radius 2 is 1.88 bits per heavy atom. The molecule has 1 aliphatic carbocycles. The molecule has 4 unspecified atom stereocenters. The standard InChI is InChI=1S/C32H41N3O7S/c1-19-24-27(37)35(32(5,6)29(38)42-31(2,3)4)30(39)34(28(24)43-25(19)26-33-15-16-40-26)18-23(20-11-8-7-9-12-20)41-22-14-10-13-21(36)17-22/h7-9,11-12,15-16,21-23,25,28,36H,10,13-14,17-18H2,1-6H3/t21?,22?,23-,25?,28?/m0/s1. The molecule has 0 radical (unpaired) electrons. The van der Waals surface area contributed by atoms with Gasteiger partial charge in [0.1, 0.15) is 34.1 Å². The highest BCUT2D eigenvalue weighted by Gasteiger charge is 2.56. The van der Waals surface area contributed by atoms with Crippen LogP contribution in [0.4, 0.5) is 4.79 Å². The lowest BCUT2D eigenvalue weighted by Gasteiger charge is -2.46. The van der Waals surface area contributed by atoms with Crippen molar-refractivity contribution >= 4 is 29.7 Å². The molecule has 1 aromatic heterocycles.